The molecule has 1 unspecified atom stereocenters. The number of nitrogens with zero attached hydrogens (tertiary/aromatic N) is 4. The summed E-state index contributed by atoms with van der Waals surface area (Å²) in [5, 5.41) is 9.89. The van der Waals surface area contributed by atoms with Gasteiger partial charge in [0.25, 0.3) is 0 Å². The van der Waals surface area contributed by atoms with Crippen molar-refractivity contribution in [1.82, 2.24) is 14.9 Å². The summed E-state index contributed by atoms with van der Waals surface area (Å²) in [4.78, 5) is 25.7. The lowest BCUT2D eigenvalue weighted by atomic mass is 9.96. The average molecular weight is 555 g/mol. The monoisotopic (exact) mass is 554 g/mol. The number of hydrogen-bond acceptors (Lipinski definition) is 8. The molecule has 9 nitrogen and oxygen atoms in total. The van der Waals surface area contributed by atoms with Crippen LogP contribution in [0.4, 0.5) is 5.82 Å². The molecule has 2 heterocycles. The SMILES string of the molecule is COc1nc(Oc2ccc(CC(C)(Oc3ccccc3)C(=O)O)cc2)cc(N2CCN(Cc3ccccc3)CC2)n1. The molecular weight excluding hydrogens is 520 g/mol. The molecule has 0 amide bonds. The Morgan fingerprint density at radius 3 is 2.15 bits per heavy atom. The standard InChI is InChI=1S/C32H34N4O5/c1-32(30(37)38,41-27-11-7-4-8-12-27)22-24-13-15-26(16-14-24)40-29-21-28(33-31(34-29)39-2)36-19-17-35(18-20-36)23-25-9-5-3-6-10-25/h3-16,21H,17-20,22-23H2,1-2H3,(H,37,38). The zero-order valence-electron chi connectivity index (χ0n) is 23.3. The van der Waals surface area contributed by atoms with Crippen LogP contribution in [-0.2, 0) is 17.8 Å². The molecule has 1 atom stereocenters. The maximum atomic E-state index is 12.1. The highest BCUT2D eigenvalue weighted by molar-refractivity contribution is 5.78. The second-order valence-electron chi connectivity index (χ2n) is 10.2. The van der Waals surface area contributed by atoms with Gasteiger partial charge in [0.15, 0.2) is 0 Å². The molecule has 0 spiro atoms. The first-order chi connectivity index (χ1) is 19.9. The molecular formula is C32H34N4O5. The number of carbonyl (C=O) groups is 1. The van der Waals surface area contributed by atoms with Crippen LogP contribution in [0.25, 0.3) is 0 Å². The summed E-state index contributed by atoms with van der Waals surface area (Å²) >= 11 is 0. The predicted octanol–water partition coefficient (Wildman–Crippen LogP) is 5.06. The van der Waals surface area contributed by atoms with Crippen molar-refractivity contribution in [3.63, 3.8) is 0 Å². The first-order valence-electron chi connectivity index (χ1n) is 13.6. The summed E-state index contributed by atoms with van der Waals surface area (Å²) in [6.45, 7) is 5.99. The molecule has 1 N–H and O–H groups in total. The Balaban J connectivity index is 1.23. The van der Waals surface area contributed by atoms with Gasteiger partial charge in [-0.25, -0.2) is 4.79 Å². The van der Waals surface area contributed by atoms with E-state index in [2.05, 4.69) is 44.0 Å². The molecule has 1 aromatic heterocycles. The number of para-hydroxylation sites is 1. The van der Waals surface area contributed by atoms with Crippen LogP contribution in [0.15, 0.2) is 91.0 Å². The van der Waals surface area contributed by atoms with E-state index in [9.17, 15) is 9.90 Å². The molecule has 4 aromatic rings. The summed E-state index contributed by atoms with van der Waals surface area (Å²) < 4.78 is 17.3. The minimum absolute atomic E-state index is 0.180. The number of benzene rings is 3. The van der Waals surface area contributed by atoms with Crippen LogP contribution in [0.1, 0.15) is 18.1 Å². The second-order valence-corrected chi connectivity index (χ2v) is 10.2. The van der Waals surface area contributed by atoms with E-state index in [1.165, 1.54) is 12.7 Å². The second kappa shape index (κ2) is 12.7. The van der Waals surface area contributed by atoms with Gasteiger partial charge in [0.1, 0.15) is 17.3 Å². The van der Waals surface area contributed by atoms with Gasteiger partial charge in [0.05, 0.1) is 7.11 Å². The molecule has 5 rings (SSSR count). The first kappa shape index (κ1) is 27.9. The molecule has 3 aromatic carbocycles. The van der Waals surface area contributed by atoms with Crippen molar-refractivity contribution in [2.45, 2.75) is 25.5 Å². The number of methoxy groups -OCH3 is 1. The maximum Gasteiger partial charge on any atom is 0.348 e. The van der Waals surface area contributed by atoms with Crippen LogP contribution >= 0.6 is 0 Å². The Morgan fingerprint density at radius 2 is 1.51 bits per heavy atom. The van der Waals surface area contributed by atoms with Crippen molar-refractivity contribution in [2.24, 2.45) is 0 Å². The Hall–Kier alpha value is -4.63. The van der Waals surface area contributed by atoms with Crippen molar-refractivity contribution in [1.29, 1.82) is 0 Å². The van der Waals surface area contributed by atoms with E-state index in [0.29, 0.717) is 17.4 Å². The van der Waals surface area contributed by atoms with Crippen molar-refractivity contribution in [2.75, 3.05) is 38.2 Å². The fraction of sp³-hybridized carbons (Fsp3) is 0.281. The molecule has 0 saturated carbocycles. The number of rotatable bonds is 11. The molecule has 1 aliphatic rings. The van der Waals surface area contributed by atoms with Crippen molar-refractivity contribution >= 4 is 11.8 Å². The van der Waals surface area contributed by atoms with Gasteiger partial charge in [-0.1, -0.05) is 60.7 Å². The number of carboxylic acids is 1. The summed E-state index contributed by atoms with van der Waals surface area (Å²) in [6, 6.07) is 28.7. The average Bonchev–Trinajstić information content (AvgIpc) is 2.99. The van der Waals surface area contributed by atoms with Gasteiger partial charge in [-0.2, -0.15) is 9.97 Å². The third-order valence-corrected chi connectivity index (χ3v) is 7.02. The quantitative estimate of drug-likeness (QED) is 0.273. The molecule has 212 valence electrons. The number of aliphatic carboxylic acids is 1. The zero-order valence-corrected chi connectivity index (χ0v) is 23.3. The minimum Gasteiger partial charge on any atom is -0.478 e. The Labute approximate surface area is 240 Å². The van der Waals surface area contributed by atoms with E-state index < -0.39 is 11.6 Å². The number of piperazine rings is 1. The van der Waals surface area contributed by atoms with Gasteiger partial charge in [-0.15, -0.1) is 0 Å². The lowest BCUT2D eigenvalue weighted by Crippen LogP contribution is -2.46. The van der Waals surface area contributed by atoms with E-state index in [0.717, 1.165) is 44.1 Å². The Kier molecular flexibility index (Phi) is 8.64. The Bertz CT molecular complexity index is 1430. The lowest BCUT2D eigenvalue weighted by molar-refractivity contribution is -0.153. The highest BCUT2D eigenvalue weighted by Gasteiger charge is 2.36. The van der Waals surface area contributed by atoms with Crippen molar-refractivity contribution in [3.8, 4) is 23.4 Å². The molecule has 0 radical (unpaired) electrons. The van der Waals surface area contributed by atoms with E-state index in [4.69, 9.17) is 14.2 Å². The molecule has 1 fully saturated rings. The normalized spacial score (nSPS) is 15.1. The molecule has 1 aliphatic heterocycles. The van der Waals surface area contributed by atoms with Crippen LogP contribution in [0.5, 0.6) is 23.4 Å². The van der Waals surface area contributed by atoms with Gasteiger partial charge in [-0.3, -0.25) is 4.90 Å². The number of ether oxygens (including phenoxy) is 3. The molecule has 9 heteroatoms. The third-order valence-electron chi connectivity index (χ3n) is 7.02. The molecule has 0 aliphatic carbocycles. The largest absolute Gasteiger partial charge is 0.478 e. The molecule has 1 saturated heterocycles. The minimum atomic E-state index is -1.43. The van der Waals surface area contributed by atoms with Gasteiger partial charge in [0.2, 0.25) is 11.5 Å². The van der Waals surface area contributed by atoms with Gasteiger partial charge >= 0.3 is 12.0 Å². The molecule has 41 heavy (non-hydrogen) atoms. The number of aromatic nitrogens is 2. The van der Waals surface area contributed by atoms with Crippen LogP contribution in [-0.4, -0.2) is 64.8 Å². The summed E-state index contributed by atoms with van der Waals surface area (Å²) in [5.41, 5.74) is 0.680. The zero-order chi connectivity index (χ0) is 28.7. The highest BCUT2D eigenvalue weighted by atomic mass is 16.5. The maximum absolute atomic E-state index is 12.1. The van der Waals surface area contributed by atoms with Crippen LogP contribution in [0, 0.1) is 0 Å². The van der Waals surface area contributed by atoms with Crippen molar-refractivity contribution < 1.29 is 24.1 Å². The number of anilines is 1. The van der Waals surface area contributed by atoms with Crippen LogP contribution in [0.3, 0.4) is 0 Å². The van der Waals surface area contributed by atoms with Crippen LogP contribution in [0.2, 0.25) is 0 Å². The first-order valence-corrected chi connectivity index (χ1v) is 13.6. The summed E-state index contributed by atoms with van der Waals surface area (Å²) in [7, 11) is 1.53. The highest BCUT2D eigenvalue weighted by Crippen LogP contribution is 2.28. The summed E-state index contributed by atoms with van der Waals surface area (Å²) in [5.74, 6) is 1.15. The predicted molar refractivity (Wildman–Crippen MR) is 156 cm³/mol. The van der Waals surface area contributed by atoms with E-state index in [-0.39, 0.29) is 12.4 Å². The topological polar surface area (TPSA) is 97.2 Å². The fourth-order valence-corrected chi connectivity index (χ4v) is 4.76. The van der Waals surface area contributed by atoms with Crippen molar-refractivity contribution in [3.05, 3.63) is 102 Å². The van der Waals surface area contributed by atoms with Gasteiger partial charge in [0, 0.05) is 45.2 Å². The fourth-order valence-electron chi connectivity index (χ4n) is 4.76. The van der Waals surface area contributed by atoms with Gasteiger partial charge < -0.3 is 24.2 Å². The summed E-state index contributed by atoms with van der Waals surface area (Å²) in [6.07, 6.45) is 0.180. The lowest BCUT2D eigenvalue weighted by Gasteiger charge is -2.35. The van der Waals surface area contributed by atoms with E-state index >= 15 is 0 Å². The smallest absolute Gasteiger partial charge is 0.348 e. The third kappa shape index (κ3) is 7.32. The number of hydrogen-bond donors (Lipinski definition) is 1. The van der Waals surface area contributed by atoms with Gasteiger partial charge in [-0.05, 0) is 42.3 Å². The molecule has 0 bridgehead atoms. The number of carboxylic acid groups (broad SMARTS) is 1. The van der Waals surface area contributed by atoms with Crippen LogP contribution < -0.4 is 19.1 Å². The van der Waals surface area contributed by atoms with E-state index in [1.807, 2.05) is 42.5 Å². The Morgan fingerprint density at radius 1 is 0.854 bits per heavy atom. The van der Waals surface area contributed by atoms with E-state index in [1.54, 1.807) is 31.2 Å².